The second-order valence-electron chi connectivity index (χ2n) is 7.66. The third-order valence-electron chi connectivity index (χ3n) is 5.84. The Morgan fingerprint density at radius 1 is 0.788 bits per heavy atom. The van der Waals surface area contributed by atoms with E-state index < -0.39 is 40.7 Å². The first kappa shape index (κ1) is 22.8. The first-order valence-electron chi connectivity index (χ1n) is 10.7. The van der Waals surface area contributed by atoms with Crippen LogP contribution in [-0.4, -0.2) is 18.8 Å². The molecule has 33 heavy (non-hydrogen) atoms. The molecule has 0 amide bonds. The molecule has 0 spiro atoms. The summed E-state index contributed by atoms with van der Waals surface area (Å²) in [5.41, 5.74) is 1.24. The summed E-state index contributed by atoms with van der Waals surface area (Å²) in [6.45, 7) is 5.75. The number of hydrazone groups is 1. The van der Waals surface area contributed by atoms with Crippen LogP contribution in [0, 0.1) is 29.1 Å². The van der Waals surface area contributed by atoms with Crippen molar-refractivity contribution in [3.63, 3.8) is 0 Å². The van der Waals surface area contributed by atoms with Gasteiger partial charge in [-0.05, 0) is 43.7 Å². The van der Waals surface area contributed by atoms with Crippen molar-refractivity contribution in [1.82, 2.24) is 0 Å². The number of halogens is 5. The maximum Gasteiger partial charge on any atom is 0.200 e. The molecule has 3 nitrogen and oxygen atoms in total. The molecule has 8 heteroatoms. The Morgan fingerprint density at radius 2 is 1.33 bits per heavy atom. The van der Waals surface area contributed by atoms with Gasteiger partial charge in [0.2, 0.25) is 5.82 Å². The van der Waals surface area contributed by atoms with Gasteiger partial charge in [0.25, 0.3) is 0 Å². The number of hydrogen-bond donors (Lipinski definition) is 0. The zero-order valence-electron chi connectivity index (χ0n) is 18.1. The lowest BCUT2D eigenvalue weighted by atomic mass is 9.97. The third-order valence-corrected chi connectivity index (χ3v) is 5.84. The molecular weight excluding hydrogens is 437 g/mol. The molecule has 0 N–H and O–H groups in total. The fourth-order valence-corrected chi connectivity index (χ4v) is 4.10. The van der Waals surface area contributed by atoms with Gasteiger partial charge in [-0.2, -0.15) is 5.10 Å². The fourth-order valence-electron chi connectivity index (χ4n) is 4.10. The van der Waals surface area contributed by atoms with Crippen molar-refractivity contribution >= 4 is 17.1 Å². The molecule has 1 heterocycles. The molecule has 0 aliphatic carbocycles. The minimum atomic E-state index is -2.18. The van der Waals surface area contributed by atoms with Crippen LogP contribution < -0.4 is 9.91 Å². The molecule has 0 fully saturated rings. The average Bonchev–Trinajstić information content (AvgIpc) is 3.28. The van der Waals surface area contributed by atoms with E-state index in [1.54, 1.807) is 5.01 Å². The Morgan fingerprint density at radius 3 is 1.88 bits per heavy atom. The fraction of sp³-hybridized carbons (Fsp3) is 0.240. The highest BCUT2D eigenvalue weighted by atomic mass is 19.2. The van der Waals surface area contributed by atoms with E-state index in [4.69, 9.17) is 0 Å². The lowest BCUT2D eigenvalue weighted by Gasteiger charge is -2.26. The van der Waals surface area contributed by atoms with Gasteiger partial charge in [-0.3, -0.25) is 5.01 Å². The van der Waals surface area contributed by atoms with Crippen molar-refractivity contribution in [2.75, 3.05) is 23.0 Å². The standard InChI is InChI=1S/C25H22F5N3/c1-3-32(4-2)16-10-12-17(13-11-16)33-19(15-8-6-5-7-9-15)14-18(31-33)20-21(26)23(28)25(30)24(29)22(20)27/h5-13,19H,3-4,14H2,1-2H3/t19-/m0/s1. The van der Waals surface area contributed by atoms with Crippen molar-refractivity contribution in [3.05, 3.63) is 94.8 Å². The van der Waals surface area contributed by atoms with Crippen LogP contribution in [0.25, 0.3) is 0 Å². The van der Waals surface area contributed by atoms with Crippen LogP contribution in [0.3, 0.4) is 0 Å². The monoisotopic (exact) mass is 459 g/mol. The molecule has 1 aliphatic rings. The Bertz CT molecular complexity index is 1150. The highest BCUT2D eigenvalue weighted by Crippen LogP contribution is 2.38. The van der Waals surface area contributed by atoms with Gasteiger partial charge in [0.15, 0.2) is 23.3 Å². The van der Waals surface area contributed by atoms with Gasteiger partial charge >= 0.3 is 0 Å². The van der Waals surface area contributed by atoms with Crippen LogP contribution in [0.2, 0.25) is 0 Å². The third kappa shape index (κ3) is 4.05. The molecule has 0 radical (unpaired) electrons. The molecule has 1 atom stereocenters. The molecule has 172 valence electrons. The zero-order valence-corrected chi connectivity index (χ0v) is 18.1. The molecule has 0 saturated heterocycles. The van der Waals surface area contributed by atoms with Crippen LogP contribution >= 0.6 is 0 Å². The predicted octanol–water partition coefficient (Wildman–Crippen LogP) is 6.58. The second kappa shape index (κ2) is 9.21. The SMILES string of the molecule is CCN(CC)c1ccc(N2N=C(c3c(F)c(F)c(F)c(F)c3F)C[C@H]2c2ccccc2)cc1. The van der Waals surface area contributed by atoms with Crippen LogP contribution in [0.5, 0.6) is 0 Å². The predicted molar refractivity (Wildman–Crippen MR) is 119 cm³/mol. The zero-order chi connectivity index (χ0) is 23.7. The number of anilines is 2. The Labute approximate surface area is 188 Å². The van der Waals surface area contributed by atoms with Crippen LogP contribution in [-0.2, 0) is 0 Å². The van der Waals surface area contributed by atoms with Gasteiger partial charge in [0, 0.05) is 25.2 Å². The summed E-state index contributed by atoms with van der Waals surface area (Å²) < 4.78 is 70.3. The second-order valence-corrected chi connectivity index (χ2v) is 7.66. The van der Waals surface area contributed by atoms with Crippen molar-refractivity contribution in [2.45, 2.75) is 26.3 Å². The Hall–Kier alpha value is -3.42. The van der Waals surface area contributed by atoms with Crippen molar-refractivity contribution in [1.29, 1.82) is 0 Å². The number of hydrogen-bond acceptors (Lipinski definition) is 3. The summed E-state index contributed by atoms with van der Waals surface area (Å²) in [5, 5.41) is 5.90. The van der Waals surface area contributed by atoms with Crippen molar-refractivity contribution in [2.24, 2.45) is 5.10 Å². The maximum atomic E-state index is 14.5. The van der Waals surface area contributed by atoms with E-state index in [0.717, 1.165) is 24.3 Å². The highest BCUT2D eigenvalue weighted by Gasteiger charge is 2.35. The lowest BCUT2D eigenvalue weighted by molar-refractivity contribution is 0.377. The quantitative estimate of drug-likeness (QED) is 0.235. The molecule has 4 rings (SSSR count). The summed E-state index contributed by atoms with van der Waals surface area (Å²) in [7, 11) is 0. The number of benzene rings is 3. The summed E-state index contributed by atoms with van der Waals surface area (Å²) in [6.07, 6.45) is -0.0276. The summed E-state index contributed by atoms with van der Waals surface area (Å²) in [5.74, 6) is -9.91. The minimum Gasteiger partial charge on any atom is -0.372 e. The van der Waals surface area contributed by atoms with Gasteiger partial charge in [-0.1, -0.05) is 30.3 Å². The van der Waals surface area contributed by atoms with E-state index in [1.165, 1.54) is 0 Å². The normalized spacial score (nSPS) is 15.7. The summed E-state index contributed by atoms with van der Waals surface area (Å²) in [6, 6.07) is 16.1. The van der Waals surface area contributed by atoms with Crippen LogP contribution in [0.15, 0.2) is 59.7 Å². The Kier molecular flexibility index (Phi) is 6.35. The van der Waals surface area contributed by atoms with E-state index in [9.17, 15) is 22.0 Å². The van der Waals surface area contributed by atoms with Crippen molar-refractivity contribution in [3.8, 4) is 0 Å². The van der Waals surface area contributed by atoms with Crippen LogP contribution in [0.1, 0.15) is 37.4 Å². The molecule has 0 aromatic heterocycles. The topological polar surface area (TPSA) is 18.8 Å². The molecule has 3 aromatic rings. The van der Waals surface area contributed by atoms with Crippen LogP contribution in [0.4, 0.5) is 33.3 Å². The lowest BCUT2D eigenvalue weighted by Crippen LogP contribution is -2.22. The van der Waals surface area contributed by atoms with Gasteiger partial charge < -0.3 is 4.90 Å². The van der Waals surface area contributed by atoms with Gasteiger partial charge in [-0.25, -0.2) is 22.0 Å². The molecular formula is C25H22F5N3. The Balaban J connectivity index is 1.80. The molecule has 1 aliphatic heterocycles. The molecule has 0 bridgehead atoms. The van der Waals surface area contributed by atoms with E-state index in [2.05, 4.69) is 10.0 Å². The summed E-state index contributed by atoms with van der Waals surface area (Å²) >= 11 is 0. The van der Waals surface area contributed by atoms with Gasteiger partial charge in [0.1, 0.15) is 0 Å². The first-order chi connectivity index (χ1) is 15.9. The first-order valence-corrected chi connectivity index (χ1v) is 10.7. The average molecular weight is 459 g/mol. The highest BCUT2D eigenvalue weighted by molar-refractivity contribution is 6.03. The van der Waals surface area contributed by atoms with Crippen molar-refractivity contribution < 1.29 is 22.0 Å². The van der Waals surface area contributed by atoms with E-state index in [-0.39, 0.29) is 12.1 Å². The van der Waals surface area contributed by atoms with E-state index in [1.807, 2.05) is 68.4 Å². The molecule has 0 unspecified atom stereocenters. The number of nitrogens with zero attached hydrogens (tertiary/aromatic N) is 3. The van der Waals surface area contributed by atoms with E-state index >= 15 is 0 Å². The van der Waals surface area contributed by atoms with E-state index in [0.29, 0.717) is 5.69 Å². The maximum absolute atomic E-state index is 14.5. The number of rotatable bonds is 6. The summed E-state index contributed by atoms with van der Waals surface area (Å²) in [4.78, 5) is 2.16. The molecule has 3 aromatic carbocycles. The van der Waals surface area contributed by atoms with Gasteiger partial charge in [-0.15, -0.1) is 0 Å². The largest absolute Gasteiger partial charge is 0.372 e. The minimum absolute atomic E-state index is 0.0276. The smallest absolute Gasteiger partial charge is 0.200 e. The van der Waals surface area contributed by atoms with Gasteiger partial charge in [0.05, 0.1) is 23.0 Å². The molecule has 0 saturated carbocycles.